The highest BCUT2D eigenvalue weighted by atomic mass is 79.9. The van der Waals surface area contributed by atoms with Gasteiger partial charge in [-0.15, -0.1) is 0 Å². The highest BCUT2D eigenvalue weighted by Crippen LogP contribution is 2.19. The molecule has 0 radical (unpaired) electrons. The van der Waals surface area contributed by atoms with Gasteiger partial charge in [0, 0.05) is 16.5 Å². The fraction of sp³-hybridized carbons (Fsp3) is 0.133. The third-order valence-electron chi connectivity index (χ3n) is 2.84. The van der Waals surface area contributed by atoms with Crippen molar-refractivity contribution in [2.24, 2.45) is 0 Å². The van der Waals surface area contributed by atoms with Gasteiger partial charge in [-0.25, -0.2) is 8.78 Å². The lowest BCUT2D eigenvalue weighted by atomic mass is 10.0. The van der Waals surface area contributed by atoms with Crippen LogP contribution in [-0.4, -0.2) is 5.78 Å². The Morgan fingerprint density at radius 2 is 1.89 bits per heavy atom. The van der Waals surface area contributed by atoms with E-state index in [4.69, 9.17) is 0 Å². The highest BCUT2D eigenvalue weighted by Gasteiger charge is 2.12. The highest BCUT2D eigenvalue weighted by molar-refractivity contribution is 9.10. The molecule has 19 heavy (non-hydrogen) atoms. The van der Waals surface area contributed by atoms with Crippen molar-refractivity contribution in [2.75, 3.05) is 0 Å². The Bertz CT molecular complexity index is 638. The second-order valence-corrected chi connectivity index (χ2v) is 5.15. The number of aryl methyl sites for hydroxylation is 1. The fourth-order valence-electron chi connectivity index (χ4n) is 1.77. The maximum absolute atomic E-state index is 13.5. The van der Waals surface area contributed by atoms with Crippen LogP contribution >= 0.6 is 15.9 Å². The minimum atomic E-state index is -0.566. The molecule has 0 fully saturated rings. The van der Waals surface area contributed by atoms with E-state index in [1.807, 2.05) is 6.92 Å². The number of halogens is 3. The molecule has 4 heteroatoms. The summed E-state index contributed by atoms with van der Waals surface area (Å²) in [5, 5.41) is 0. The lowest BCUT2D eigenvalue weighted by molar-refractivity contribution is 0.0991. The van der Waals surface area contributed by atoms with Crippen molar-refractivity contribution in [3.8, 4) is 0 Å². The number of carbonyl (C=O) groups excluding carboxylic acids is 1. The monoisotopic (exact) mass is 324 g/mol. The number of hydrogen-bond acceptors (Lipinski definition) is 1. The van der Waals surface area contributed by atoms with Crippen LogP contribution in [0.25, 0.3) is 0 Å². The minimum Gasteiger partial charge on any atom is -0.294 e. The molecule has 0 saturated heterocycles. The second-order valence-electron chi connectivity index (χ2n) is 4.30. The molecule has 0 aliphatic carbocycles. The Labute approximate surface area is 118 Å². The summed E-state index contributed by atoms with van der Waals surface area (Å²) in [5.74, 6) is -1.35. The van der Waals surface area contributed by atoms with Crippen molar-refractivity contribution >= 4 is 21.7 Å². The summed E-state index contributed by atoms with van der Waals surface area (Å²) in [7, 11) is 0. The van der Waals surface area contributed by atoms with Gasteiger partial charge in [-0.1, -0.05) is 22.0 Å². The first-order valence-electron chi connectivity index (χ1n) is 5.70. The first kappa shape index (κ1) is 13.9. The van der Waals surface area contributed by atoms with Gasteiger partial charge >= 0.3 is 0 Å². The Morgan fingerprint density at radius 3 is 2.58 bits per heavy atom. The Kier molecular flexibility index (Phi) is 4.10. The van der Waals surface area contributed by atoms with Crippen LogP contribution in [-0.2, 0) is 6.42 Å². The van der Waals surface area contributed by atoms with E-state index in [1.54, 1.807) is 18.2 Å². The van der Waals surface area contributed by atoms with Gasteiger partial charge in [-0.2, -0.15) is 0 Å². The van der Waals surface area contributed by atoms with Crippen LogP contribution in [0.4, 0.5) is 8.78 Å². The quantitative estimate of drug-likeness (QED) is 0.762. The van der Waals surface area contributed by atoms with E-state index in [0.717, 1.165) is 28.2 Å². The maximum Gasteiger partial charge on any atom is 0.167 e. The van der Waals surface area contributed by atoms with Gasteiger partial charge in [0.1, 0.15) is 11.6 Å². The number of Topliss-reactive ketones (excluding diaryl/α,β-unsaturated/α-hetero) is 1. The number of carbonyl (C=O) groups is 1. The molecule has 0 aromatic heterocycles. The number of rotatable bonds is 3. The van der Waals surface area contributed by atoms with E-state index in [2.05, 4.69) is 15.9 Å². The Balaban J connectivity index is 2.25. The normalized spacial score (nSPS) is 10.5. The molecule has 0 atom stereocenters. The summed E-state index contributed by atoms with van der Waals surface area (Å²) in [4.78, 5) is 12.0. The molecule has 0 aliphatic rings. The molecule has 0 unspecified atom stereocenters. The van der Waals surface area contributed by atoms with Gasteiger partial charge in [-0.3, -0.25) is 4.79 Å². The predicted octanol–water partition coefficient (Wildman–Crippen LogP) is 4.46. The molecule has 0 N–H and O–H groups in total. The summed E-state index contributed by atoms with van der Waals surface area (Å²) in [5.41, 5.74) is 1.49. The van der Waals surface area contributed by atoms with Crippen LogP contribution in [0.3, 0.4) is 0 Å². The van der Waals surface area contributed by atoms with Gasteiger partial charge in [0.15, 0.2) is 5.78 Å². The molecule has 98 valence electrons. The summed E-state index contributed by atoms with van der Waals surface area (Å²) in [6.07, 6.45) is -0.148. The molecule has 0 aliphatic heterocycles. The van der Waals surface area contributed by atoms with Gasteiger partial charge in [0.25, 0.3) is 0 Å². The van der Waals surface area contributed by atoms with E-state index >= 15 is 0 Å². The lowest BCUT2D eigenvalue weighted by Gasteiger charge is -2.05. The molecular formula is C15H11BrF2O. The van der Waals surface area contributed by atoms with E-state index < -0.39 is 11.6 Å². The van der Waals surface area contributed by atoms with Gasteiger partial charge in [0.2, 0.25) is 0 Å². The summed E-state index contributed by atoms with van der Waals surface area (Å²) >= 11 is 3.35. The van der Waals surface area contributed by atoms with Crippen LogP contribution in [0.2, 0.25) is 0 Å². The molecule has 2 rings (SSSR count). The molecule has 2 aromatic carbocycles. The standard InChI is InChI=1S/C15H11BrF2O/c1-9-6-10(2-4-13(9)16)15(19)8-11-7-12(17)3-5-14(11)18/h2-7H,8H2,1H3. The molecule has 0 heterocycles. The van der Waals surface area contributed by atoms with Crippen molar-refractivity contribution in [1.29, 1.82) is 0 Å². The molecular weight excluding hydrogens is 314 g/mol. The summed E-state index contributed by atoms with van der Waals surface area (Å²) in [6.45, 7) is 1.86. The summed E-state index contributed by atoms with van der Waals surface area (Å²) < 4.78 is 27.4. The molecule has 0 bridgehead atoms. The predicted molar refractivity (Wildman–Crippen MR) is 73.3 cm³/mol. The van der Waals surface area contributed by atoms with Crippen LogP contribution in [0, 0.1) is 18.6 Å². The number of hydrogen-bond donors (Lipinski definition) is 0. The molecule has 0 saturated carbocycles. The first-order chi connectivity index (χ1) is 8.97. The van der Waals surface area contributed by atoms with E-state index in [1.165, 1.54) is 0 Å². The van der Waals surface area contributed by atoms with Crippen molar-refractivity contribution in [2.45, 2.75) is 13.3 Å². The molecule has 2 aromatic rings. The molecule has 0 amide bonds. The largest absolute Gasteiger partial charge is 0.294 e. The van der Waals surface area contributed by atoms with Crippen molar-refractivity contribution in [1.82, 2.24) is 0 Å². The third-order valence-corrected chi connectivity index (χ3v) is 3.73. The fourth-order valence-corrected chi connectivity index (χ4v) is 2.02. The van der Waals surface area contributed by atoms with Crippen molar-refractivity contribution in [3.05, 3.63) is 69.2 Å². The topological polar surface area (TPSA) is 17.1 Å². The number of benzene rings is 2. The first-order valence-corrected chi connectivity index (χ1v) is 6.50. The van der Waals surface area contributed by atoms with E-state index in [-0.39, 0.29) is 17.8 Å². The summed E-state index contributed by atoms with van der Waals surface area (Å²) in [6, 6.07) is 8.28. The van der Waals surface area contributed by atoms with Crippen LogP contribution < -0.4 is 0 Å². The second kappa shape index (κ2) is 5.61. The zero-order valence-corrected chi connectivity index (χ0v) is 11.8. The van der Waals surface area contributed by atoms with Gasteiger partial charge in [0.05, 0.1) is 0 Å². The molecule has 1 nitrogen and oxygen atoms in total. The van der Waals surface area contributed by atoms with Crippen molar-refractivity contribution in [3.63, 3.8) is 0 Å². The third kappa shape index (κ3) is 3.26. The Morgan fingerprint density at radius 1 is 1.16 bits per heavy atom. The molecule has 0 spiro atoms. The average Bonchev–Trinajstić information content (AvgIpc) is 2.37. The smallest absolute Gasteiger partial charge is 0.167 e. The maximum atomic E-state index is 13.5. The number of ketones is 1. The van der Waals surface area contributed by atoms with Gasteiger partial charge in [-0.05, 0) is 48.4 Å². The lowest BCUT2D eigenvalue weighted by Crippen LogP contribution is -2.06. The van der Waals surface area contributed by atoms with Gasteiger partial charge < -0.3 is 0 Å². The Hall–Kier alpha value is -1.55. The van der Waals surface area contributed by atoms with Crippen LogP contribution in [0.1, 0.15) is 21.5 Å². The van der Waals surface area contributed by atoms with E-state index in [9.17, 15) is 13.6 Å². The zero-order valence-electron chi connectivity index (χ0n) is 10.2. The van der Waals surface area contributed by atoms with E-state index in [0.29, 0.717) is 5.56 Å². The average molecular weight is 325 g/mol. The van der Waals surface area contributed by atoms with Crippen LogP contribution in [0.5, 0.6) is 0 Å². The SMILES string of the molecule is Cc1cc(C(=O)Cc2cc(F)ccc2F)ccc1Br. The minimum absolute atomic E-state index is 0.0746. The zero-order chi connectivity index (χ0) is 14.0. The van der Waals surface area contributed by atoms with Crippen LogP contribution in [0.15, 0.2) is 40.9 Å². The van der Waals surface area contributed by atoms with Crippen molar-refractivity contribution < 1.29 is 13.6 Å².